The Morgan fingerprint density at radius 2 is 1.94 bits per heavy atom. The van der Waals surface area contributed by atoms with Crippen molar-refractivity contribution >= 4 is 51.6 Å². The van der Waals surface area contributed by atoms with E-state index in [-0.39, 0.29) is 17.6 Å². The largest absolute Gasteiger partial charge is 0.484 e. The van der Waals surface area contributed by atoms with Crippen LogP contribution in [0, 0.1) is 6.92 Å². The Kier molecular flexibility index (Phi) is 6.68. The maximum absolute atomic E-state index is 12.1. The Morgan fingerprint density at radius 3 is 2.72 bits per heavy atom. The topological polar surface area (TPSA) is 76.4 Å². The molecule has 2 N–H and O–H groups in total. The molecule has 1 heterocycles. The minimum absolute atomic E-state index is 0.137. The number of nitrogens with one attached hydrogen (secondary N) is 2. The quantitative estimate of drug-likeness (QED) is 0.378. The predicted octanol–water partition coefficient (Wildman–Crippen LogP) is 5.27. The van der Waals surface area contributed by atoms with Gasteiger partial charge in [-0.05, 0) is 72.7 Å². The number of thiocarbonyl (C=S) groups is 1. The number of carbonyl (C=O) groups excluding carboxylic acids is 1. The van der Waals surface area contributed by atoms with Crippen LogP contribution in [0.5, 0.6) is 5.75 Å². The van der Waals surface area contributed by atoms with Crippen molar-refractivity contribution in [1.82, 2.24) is 10.3 Å². The maximum Gasteiger partial charge on any atom is 0.264 e. The number of anilines is 1. The summed E-state index contributed by atoms with van der Waals surface area (Å²) in [6, 6.07) is 20.5. The summed E-state index contributed by atoms with van der Waals surface area (Å²) in [5.41, 5.74) is 4.15. The van der Waals surface area contributed by atoms with Gasteiger partial charge in [0.2, 0.25) is 0 Å². The number of hydrogen-bond donors (Lipinski definition) is 2. The lowest BCUT2D eigenvalue weighted by Crippen LogP contribution is -2.37. The van der Waals surface area contributed by atoms with E-state index in [1.54, 1.807) is 18.2 Å². The smallest absolute Gasteiger partial charge is 0.264 e. The van der Waals surface area contributed by atoms with E-state index in [4.69, 9.17) is 33.0 Å². The lowest BCUT2D eigenvalue weighted by Gasteiger charge is -2.10. The van der Waals surface area contributed by atoms with Crippen LogP contribution in [0.25, 0.3) is 11.1 Å². The fourth-order valence-electron chi connectivity index (χ4n) is 3.08. The SMILES string of the molecule is Cc1cccc(OCC(=O)NC(=S)Nc2ccc3oc(Cc4ccc(Cl)cc4)nc3c2)c1. The molecule has 8 heteroatoms. The normalized spacial score (nSPS) is 10.7. The number of ether oxygens (including phenoxy) is 1. The van der Waals surface area contributed by atoms with Crippen molar-refractivity contribution in [2.45, 2.75) is 13.3 Å². The molecule has 0 saturated carbocycles. The van der Waals surface area contributed by atoms with Crippen LogP contribution in [0.3, 0.4) is 0 Å². The lowest BCUT2D eigenvalue weighted by atomic mass is 10.1. The van der Waals surface area contributed by atoms with Crippen molar-refractivity contribution in [1.29, 1.82) is 0 Å². The fraction of sp³-hybridized carbons (Fsp3) is 0.125. The van der Waals surface area contributed by atoms with Crippen molar-refractivity contribution in [3.8, 4) is 5.75 Å². The highest BCUT2D eigenvalue weighted by Gasteiger charge is 2.10. The summed E-state index contributed by atoms with van der Waals surface area (Å²) in [6.07, 6.45) is 0.560. The van der Waals surface area contributed by atoms with Gasteiger partial charge in [0.15, 0.2) is 23.2 Å². The second-order valence-electron chi connectivity index (χ2n) is 7.20. The van der Waals surface area contributed by atoms with E-state index in [0.29, 0.717) is 39.9 Å². The predicted molar refractivity (Wildman–Crippen MR) is 129 cm³/mol. The lowest BCUT2D eigenvalue weighted by molar-refractivity contribution is -0.121. The van der Waals surface area contributed by atoms with Gasteiger partial charge in [0, 0.05) is 17.1 Å². The molecule has 1 aromatic heterocycles. The van der Waals surface area contributed by atoms with Crippen molar-refractivity contribution in [2.75, 3.05) is 11.9 Å². The zero-order valence-corrected chi connectivity index (χ0v) is 18.8. The molecule has 3 aromatic carbocycles. The van der Waals surface area contributed by atoms with Crippen LogP contribution in [0.15, 0.2) is 71.1 Å². The summed E-state index contributed by atoms with van der Waals surface area (Å²) >= 11 is 11.2. The molecule has 0 atom stereocenters. The zero-order valence-electron chi connectivity index (χ0n) is 17.2. The van der Waals surface area contributed by atoms with Crippen molar-refractivity contribution in [3.05, 3.63) is 88.8 Å². The molecule has 4 rings (SSSR count). The van der Waals surface area contributed by atoms with Gasteiger partial charge in [-0.15, -0.1) is 0 Å². The molecule has 0 bridgehead atoms. The Bertz CT molecular complexity index is 1270. The first-order valence-corrected chi connectivity index (χ1v) is 10.7. The molecule has 0 unspecified atom stereocenters. The second kappa shape index (κ2) is 9.80. The molecule has 0 radical (unpaired) electrons. The number of carbonyl (C=O) groups is 1. The Hall–Kier alpha value is -3.42. The van der Waals surface area contributed by atoms with E-state index >= 15 is 0 Å². The van der Waals surface area contributed by atoms with Gasteiger partial charge in [-0.1, -0.05) is 35.9 Å². The summed E-state index contributed by atoms with van der Waals surface area (Å²) in [5, 5.41) is 6.45. The number of aryl methyl sites for hydroxylation is 1. The summed E-state index contributed by atoms with van der Waals surface area (Å²) in [4.78, 5) is 16.7. The average molecular weight is 466 g/mol. The number of benzene rings is 3. The van der Waals surface area contributed by atoms with Gasteiger partial charge >= 0.3 is 0 Å². The molecule has 0 aliphatic carbocycles. The summed E-state index contributed by atoms with van der Waals surface area (Å²) < 4.78 is 11.3. The minimum Gasteiger partial charge on any atom is -0.484 e. The van der Waals surface area contributed by atoms with Crippen LogP contribution >= 0.6 is 23.8 Å². The van der Waals surface area contributed by atoms with Crippen LogP contribution in [0.1, 0.15) is 17.0 Å². The van der Waals surface area contributed by atoms with Crippen LogP contribution in [-0.2, 0) is 11.2 Å². The maximum atomic E-state index is 12.1. The molecule has 0 aliphatic rings. The first-order chi connectivity index (χ1) is 15.4. The number of amides is 1. The first-order valence-electron chi connectivity index (χ1n) is 9.89. The third-order valence-corrected chi connectivity index (χ3v) is 5.03. The van der Waals surface area contributed by atoms with E-state index in [1.165, 1.54) is 0 Å². The third-order valence-electron chi connectivity index (χ3n) is 4.57. The second-order valence-corrected chi connectivity index (χ2v) is 8.05. The van der Waals surface area contributed by atoms with Crippen LogP contribution in [-0.4, -0.2) is 22.6 Å². The van der Waals surface area contributed by atoms with E-state index in [9.17, 15) is 4.79 Å². The molecular weight excluding hydrogens is 446 g/mol. The molecule has 0 aliphatic heterocycles. The summed E-state index contributed by atoms with van der Waals surface area (Å²) in [6.45, 7) is 1.82. The molecule has 4 aromatic rings. The molecule has 0 spiro atoms. The third kappa shape index (κ3) is 5.84. The van der Waals surface area contributed by atoms with Gasteiger partial charge in [0.1, 0.15) is 11.3 Å². The van der Waals surface area contributed by atoms with Crippen LogP contribution < -0.4 is 15.4 Å². The highest BCUT2D eigenvalue weighted by atomic mass is 35.5. The molecule has 6 nitrogen and oxygen atoms in total. The van der Waals surface area contributed by atoms with Gasteiger partial charge in [-0.3, -0.25) is 10.1 Å². The van der Waals surface area contributed by atoms with E-state index in [0.717, 1.165) is 11.1 Å². The van der Waals surface area contributed by atoms with Gasteiger partial charge in [-0.2, -0.15) is 0 Å². The number of nitrogens with zero attached hydrogens (tertiary/aromatic N) is 1. The van der Waals surface area contributed by atoms with Gasteiger partial charge in [0.25, 0.3) is 5.91 Å². The fourth-order valence-corrected chi connectivity index (χ4v) is 3.44. The monoisotopic (exact) mass is 465 g/mol. The highest BCUT2D eigenvalue weighted by Crippen LogP contribution is 2.22. The van der Waals surface area contributed by atoms with E-state index in [1.807, 2.05) is 55.5 Å². The van der Waals surface area contributed by atoms with E-state index < -0.39 is 0 Å². The van der Waals surface area contributed by atoms with Crippen molar-refractivity contribution in [2.24, 2.45) is 0 Å². The number of oxazole rings is 1. The molecular formula is C24H20ClN3O3S. The molecule has 162 valence electrons. The Morgan fingerprint density at radius 1 is 1.12 bits per heavy atom. The summed E-state index contributed by atoms with van der Waals surface area (Å²) in [5.74, 6) is 0.880. The number of aromatic nitrogens is 1. The number of hydrogen-bond acceptors (Lipinski definition) is 5. The van der Waals surface area contributed by atoms with E-state index in [2.05, 4.69) is 15.6 Å². The number of rotatable bonds is 6. The molecule has 0 saturated heterocycles. The van der Waals surface area contributed by atoms with Gasteiger partial charge < -0.3 is 14.5 Å². The van der Waals surface area contributed by atoms with Crippen molar-refractivity contribution < 1.29 is 13.9 Å². The van der Waals surface area contributed by atoms with Crippen molar-refractivity contribution in [3.63, 3.8) is 0 Å². The first kappa shape index (κ1) is 21.8. The molecule has 32 heavy (non-hydrogen) atoms. The molecule has 0 fully saturated rings. The Balaban J connectivity index is 1.33. The zero-order chi connectivity index (χ0) is 22.5. The van der Waals surface area contributed by atoms with Gasteiger partial charge in [0.05, 0.1) is 0 Å². The van der Waals surface area contributed by atoms with Gasteiger partial charge in [-0.25, -0.2) is 4.98 Å². The minimum atomic E-state index is -0.350. The number of fused-ring (bicyclic) bond motifs is 1. The van der Waals surface area contributed by atoms with Crippen LogP contribution in [0.2, 0.25) is 5.02 Å². The standard InChI is InChI=1S/C24H20ClN3O3S/c1-15-3-2-4-19(11-15)30-14-22(29)28-24(32)26-18-9-10-21-20(13-18)27-23(31-21)12-16-5-7-17(25)8-6-16/h2-11,13H,12,14H2,1H3,(H2,26,28,29,32). The summed E-state index contributed by atoms with van der Waals surface area (Å²) in [7, 11) is 0. The molecule has 1 amide bonds. The number of halogens is 1. The van der Waals surface area contributed by atoms with Crippen LogP contribution in [0.4, 0.5) is 5.69 Å². The average Bonchev–Trinajstić information content (AvgIpc) is 3.15. The highest BCUT2D eigenvalue weighted by molar-refractivity contribution is 7.80. The Labute approximate surface area is 195 Å².